The summed E-state index contributed by atoms with van der Waals surface area (Å²) in [6.45, 7) is 8.63. The lowest BCUT2D eigenvalue weighted by atomic mass is 9.45. The summed E-state index contributed by atoms with van der Waals surface area (Å²) in [7, 11) is 0. The number of unbranched alkanes of at least 4 members (excludes halogenated alkanes) is 3. The molecule has 4 aliphatic rings. The molecule has 3 fully saturated rings. The zero-order valence-electron chi connectivity index (χ0n) is 28.0. The molecular formula is C37H52O9. The Hall–Kier alpha value is -2.94. The van der Waals surface area contributed by atoms with E-state index in [-0.39, 0.29) is 59.3 Å². The fraction of sp³-hybridized carbons (Fsp3) is 0.730. The standard InChI is InChI=1S/C37H52O9/c1-24(2)22-44-34(41)46-33(40)10-8-6-5-7-9-32(39)45-27-15-18-35(3)26(21-27)12-13-30-29(35)16-19-36(4)28(17-20-37(30,36)42)25-11-14-31(38)43-23-25/h11,14,21,23-24,27-30,42H,5-10,12-13,15-20,22H2,1-4H3/t27-,28+,29-,30+,35-,36+,37-/m0/s1. The molecule has 0 radical (unpaired) electrons. The highest BCUT2D eigenvalue weighted by Gasteiger charge is 2.66. The van der Waals surface area contributed by atoms with Crippen LogP contribution in [0.15, 0.2) is 39.3 Å². The first-order valence-electron chi connectivity index (χ1n) is 17.4. The second-order valence-corrected chi connectivity index (χ2v) is 15.1. The number of allylic oxidation sites excluding steroid dienone is 1. The summed E-state index contributed by atoms with van der Waals surface area (Å²) < 4.78 is 20.6. The smallest absolute Gasteiger partial charge is 0.458 e. The van der Waals surface area contributed by atoms with Crippen LogP contribution in [0.2, 0.25) is 0 Å². The molecule has 46 heavy (non-hydrogen) atoms. The van der Waals surface area contributed by atoms with Crippen LogP contribution in [0.5, 0.6) is 0 Å². The molecule has 254 valence electrons. The van der Waals surface area contributed by atoms with Gasteiger partial charge in [-0.25, -0.2) is 9.59 Å². The van der Waals surface area contributed by atoms with E-state index < -0.39 is 17.7 Å². The van der Waals surface area contributed by atoms with E-state index in [1.807, 2.05) is 19.9 Å². The highest BCUT2D eigenvalue weighted by atomic mass is 16.7. The van der Waals surface area contributed by atoms with E-state index in [9.17, 15) is 24.3 Å². The molecule has 0 spiro atoms. The average Bonchev–Trinajstić information content (AvgIpc) is 3.29. The van der Waals surface area contributed by atoms with Gasteiger partial charge in [-0.3, -0.25) is 9.59 Å². The highest BCUT2D eigenvalue weighted by Crippen LogP contribution is 2.70. The van der Waals surface area contributed by atoms with Gasteiger partial charge in [0.15, 0.2) is 0 Å². The lowest BCUT2D eigenvalue weighted by Crippen LogP contribution is -2.60. The molecule has 7 atom stereocenters. The third kappa shape index (κ3) is 6.99. The maximum Gasteiger partial charge on any atom is 0.516 e. The monoisotopic (exact) mass is 640 g/mol. The SMILES string of the molecule is CC(C)COC(=O)OC(=O)CCCCCCC(=O)O[C@@H]1C=C2CC[C@@H]3[C@H](CC[C@]4(C)[C@@H](c5ccc(=O)oc5)CC[C@]34O)[C@@]2(C)CC1. The molecule has 1 N–H and O–H groups in total. The van der Waals surface area contributed by atoms with Crippen LogP contribution < -0.4 is 5.63 Å². The molecule has 5 rings (SSSR count). The Labute approximate surface area is 272 Å². The number of hydrogen-bond acceptors (Lipinski definition) is 9. The molecule has 1 aromatic heterocycles. The summed E-state index contributed by atoms with van der Waals surface area (Å²) in [4.78, 5) is 47.5. The molecule has 0 unspecified atom stereocenters. The highest BCUT2D eigenvalue weighted by molar-refractivity contribution is 5.81. The summed E-state index contributed by atoms with van der Waals surface area (Å²) in [5, 5.41) is 12.4. The largest absolute Gasteiger partial charge is 0.516 e. The summed E-state index contributed by atoms with van der Waals surface area (Å²) in [6, 6.07) is 3.37. The van der Waals surface area contributed by atoms with Gasteiger partial charge in [0.2, 0.25) is 0 Å². The predicted octanol–water partition coefficient (Wildman–Crippen LogP) is 7.39. The first-order valence-corrected chi connectivity index (χ1v) is 17.4. The predicted molar refractivity (Wildman–Crippen MR) is 171 cm³/mol. The molecule has 9 nitrogen and oxygen atoms in total. The summed E-state index contributed by atoms with van der Waals surface area (Å²) in [6.07, 6.45) is 13.1. The van der Waals surface area contributed by atoms with Crippen LogP contribution in [0.1, 0.15) is 129 Å². The van der Waals surface area contributed by atoms with Crippen molar-refractivity contribution in [2.45, 2.75) is 135 Å². The molecule has 1 heterocycles. The van der Waals surface area contributed by atoms with E-state index in [0.29, 0.717) is 25.2 Å². The van der Waals surface area contributed by atoms with Crippen molar-refractivity contribution in [3.8, 4) is 0 Å². The van der Waals surface area contributed by atoms with E-state index in [2.05, 4.69) is 24.7 Å². The maximum absolute atomic E-state index is 12.7. The Morgan fingerprint density at radius 1 is 0.935 bits per heavy atom. The van der Waals surface area contributed by atoms with Gasteiger partial charge < -0.3 is 23.7 Å². The molecule has 1 aromatic rings. The van der Waals surface area contributed by atoms with E-state index in [1.165, 1.54) is 11.6 Å². The molecule has 0 aromatic carbocycles. The van der Waals surface area contributed by atoms with Crippen LogP contribution in [0.25, 0.3) is 0 Å². The van der Waals surface area contributed by atoms with Gasteiger partial charge in [0, 0.05) is 24.3 Å². The van der Waals surface area contributed by atoms with E-state index in [0.717, 1.165) is 69.8 Å². The van der Waals surface area contributed by atoms with Crippen LogP contribution >= 0.6 is 0 Å². The zero-order valence-corrected chi connectivity index (χ0v) is 28.0. The first kappa shape index (κ1) is 34.4. The quantitative estimate of drug-likeness (QED) is 0.114. The van der Waals surface area contributed by atoms with Crippen molar-refractivity contribution < 1.29 is 38.1 Å². The first-order chi connectivity index (χ1) is 21.9. The van der Waals surface area contributed by atoms with Crippen LogP contribution in [-0.2, 0) is 23.8 Å². The number of hydrogen-bond donors (Lipinski definition) is 1. The Morgan fingerprint density at radius 3 is 2.37 bits per heavy atom. The van der Waals surface area contributed by atoms with Crippen molar-refractivity contribution in [1.82, 2.24) is 0 Å². The Kier molecular flexibility index (Phi) is 10.5. The average molecular weight is 641 g/mol. The normalized spacial score (nSPS) is 33.3. The fourth-order valence-electron chi connectivity index (χ4n) is 9.39. The van der Waals surface area contributed by atoms with Crippen LogP contribution in [0.4, 0.5) is 4.79 Å². The number of carbonyl (C=O) groups excluding carboxylic acids is 3. The van der Waals surface area contributed by atoms with Crippen LogP contribution in [0, 0.1) is 28.6 Å². The van der Waals surface area contributed by atoms with Crippen molar-refractivity contribution in [2.75, 3.05) is 6.61 Å². The molecule has 0 amide bonds. The van der Waals surface area contributed by atoms with Gasteiger partial charge in [0.25, 0.3) is 0 Å². The van der Waals surface area contributed by atoms with Gasteiger partial charge in [-0.1, -0.05) is 46.1 Å². The third-order valence-corrected chi connectivity index (χ3v) is 11.9. The maximum atomic E-state index is 12.7. The molecular weight excluding hydrogens is 588 g/mol. The molecule has 0 aliphatic heterocycles. The van der Waals surface area contributed by atoms with Crippen molar-refractivity contribution >= 4 is 18.1 Å². The topological polar surface area (TPSA) is 129 Å². The minimum Gasteiger partial charge on any atom is -0.458 e. The number of rotatable bonds is 11. The minimum absolute atomic E-state index is 0.00712. The number of carbonyl (C=O) groups is 3. The number of esters is 2. The van der Waals surface area contributed by atoms with Gasteiger partial charge >= 0.3 is 23.7 Å². The van der Waals surface area contributed by atoms with E-state index in [4.69, 9.17) is 13.9 Å². The molecule has 9 heteroatoms. The van der Waals surface area contributed by atoms with Gasteiger partial charge in [0.05, 0.1) is 18.5 Å². The van der Waals surface area contributed by atoms with Crippen LogP contribution in [-0.4, -0.2) is 41.5 Å². The minimum atomic E-state index is -0.948. The summed E-state index contributed by atoms with van der Waals surface area (Å²) in [5.74, 6) is 0.161. The summed E-state index contributed by atoms with van der Waals surface area (Å²) in [5.41, 5.74) is 1.03. The second kappa shape index (κ2) is 14.0. The van der Waals surface area contributed by atoms with Crippen molar-refractivity contribution in [1.29, 1.82) is 0 Å². The van der Waals surface area contributed by atoms with Crippen molar-refractivity contribution in [3.05, 3.63) is 46.0 Å². The van der Waals surface area contributed by atoms with Crippen molar-refractivity contribution in [3.63, 3.8) is 0 Å². The molecule has 0 bridgehead atoms. The van der Waals surface area contributed by atoms with E-state index in [1.54, 1.807) is 6.26 Å². The van der Waals surface area contributed by atoms with Gasteiger partial charge in [-0.2, -0.15) is 0 Å². The number of aliphatic hydroxyl groups is 1. The van der Waals surface area contributed by atoms with Gasteiger partial charge in [-0.15, -0.1) is 0 Å². The number of ether oxygens (including phenoxy) is 3. The van der Waals surface area contributed by atoms with Crippen LogP contribution in [0.3, 0.4) is 0 Å². The van der Waals surface area contributed by atoms with Gasteiger partial charge in [0.1, 0.15) is 6.10 Å². The number of fused-ring (bicyclic) bond motifs is 5. The lowest BCUT2D eigenvalue weighted by Gasteiger charge is -2.61. The van der Waals surface area contributed by atoms with Gasteiger partial charge in [-0.05, 0) is 111 Å². The Balaban J connectivity index is 1.08. The summed E-state index contributed by atoms with van der Waals surface area (Å²) >= 11 is 0. The van der Waals surface area contributed by atoms with Crippen molar-refractivity contribution in [2.24, 2.45) is 28.6 Å². The Bertz CT molecular complexity index is 1340. The van der Waals surface area contributed by atoms with E-state index >= 15 is 0 Å². The second-order valence-electron chi connectivity index (χ2n) is 15.1. The molecule has 3 saturated carbocycles. The fourth-order valence-corrected chi connectivity index (χ4v) is 9.39. The third-order valence-electron chi connectivity index (χ3n) is 11.9. The zero-order chi connectivity index (χ0) is 33.1. The molecule has 4 aliphatic carbocycles. The molecule has 0 saturated heterocycles. The lowest BCUT2D eigenvalue weighted by molar-refractivity contribution is -0.178. The Morgan fingerprint density at radius 2 is 1.67 bits per heavy atom.